The molecule has 1 aromatic carbocycles. The van der Waals surface area contributed by atoms with E-state index in [1.165, 1.54) is 0 Å². The molecular weight excluding hydrogens is 174 g/mol. The average Bonchev–Trinajstić information content (AvgIpc) is 2.16. The highest BCUT2D eigenvalue weighted by molar-refractivity contribution is 6.69. The zero-order chi connectivity index (χ0) is 8.97. The first-order chi connectivity index (χ1) is 5.79. The molecule has 0 N–H and O–H groups in total. The van der Waals surface area contributed by atoms with E-state index in [2.05, 4.69) is 4.99 Å². The molecule has 0 spiro atoms. The summed E-state index contributed by atoms with van der Waals surface area (Å²) in [6.45, 7) is 0. The van der Waals surface area contributed by atoms with Gasteiger partial charge in [0.2, 0.25) is 0 Å². The van der Waals surface area contributed by atoms with E-state index in [1.54, 1.807) is 14.2 Å². The van der Waals surface area contributed by atoms with Crippen LogP contribution in [0.5, 0.6) is 5.75 Å². The van der Waals surface area contributed by atoms with Crippen molar-refractivity contribution in [3.8, 4) is 5.75 Å². The number of methoxy groups -OCH3 is 1. The van der Waals surface area contributed by atoms with E-state index >= 15 is 0 Å². The van der Waals surface area contributed by atoms with E-state index in [0.29, 0.717) is 5.17 Å². The normalized spacial score (nSPS) is 11.4. The van der Waals surface area contributed by atoms with Crippen LogP contribution in [-0.2, 0) is 0 Å². The fourth-order valence-electron chi connectivity index (χ4n) is 0.936. The molecule has 0 unspecified atom stereocenters. The van der Waals surface area contributed by atoms with Crippen molar-refractivity contribution in [2.75, 3.05) is 14.2 Å². The number of benzene rings is 1. The second-order valence-corrected chi connectivity index (χ2v) is 2.57. The van der Waals surface area contributed by atoms with E-state index in [-0.39, 0.29) is 0 Å². The summed E-state index contributed by atoms with van der Waals surface area (Å²) in [7, 11) is 3.26. The van der Waals surface area contributed by atoms with Crippen LogP contribution < -0.4 is 4.74 Å². The number of hydrogen-bond acceptors (Lipinski definition) is 2. The van der Waals surface area contributed by atoms with Gasteiger partial charge >= 0.3 is 0 Å². The lowest BCUT2D eigenvalue weighted by atomic mass is 10.2. The van der Waals surface area contributed by atoms with Crippen molar-refractivity contribution >= 4 is 16.8 Å². The summed E-state index contributed by atoms with van der Waals surface area (Å²) in [4.78, 5) is 3.87. The van der Waals surface area contributed by atoms with Crippen LogP contribution in [0, 0.1) is 0 Å². The van der Waals surface area contributed by atoms with Gasteiger partial charge in [-0.3, -0.25) is 4.99 Å². The average molecular weight is 184 g/mol. The van der Waals surface area contributed by atoms with Gasteiger partial charge < -0.3 is 4.74 Å². The molecular formula is C9H10ClNO. The molecule has 0 fully saturated rings. The topological polar surface area (TPSA) is 21.6 Å². The van der Waals surface area contributed by atoms with E-state index in [1.807, 2.05) is 24.3 Å². The largest absolute Gasteiger partial charge is 0.496 e. The predicted molar refractivity (Wildman–Crippen MR) is 51.3 cm³/mol. The van der Waals surface area contributed by atoms with Crippen LogP contribution in [0.15, 0.2) is 29.3 Å². The van der Waals surface area contributed by atoms with Gasteiger partial charge in [0.15, 0.2) is 0 Å². The van der Waals surface area contributed by atoms with Gasteiger partial charge in [-0.25, -0.2) is 0 Å². The molecule has 0 aliphatic heterocycles. The SMILES string of the molecule is CN=C(Cl)c1ccccc1OC. The van der Waals surface area contributed by atoms with Gasteiger partial charge in [0.1, 0.15) is 10.9 Å². The third-order valence-corrected chi connectivity index (χ3v) is 1.90. The quantitative estimate of drug-likeness (QED) is 0.645. The molecule has 0 amide bonds. The van der Waals surface area contributed by atoms with Gasteiger partial charge in [0.05, 0.1) is 12.7 Å². The number of ether oxygens (including phenoxy) is 1. The number of halogens is 1. The van der Waals surface area contributed by atoms with Crippen LogP contribution in [0.4, 0.5) is 0 Å². The molecule has 12 heavy (non-hydrogen) atoms. The Balaban J connectivity index is 3.13. The molecule has 3 heteroatoms. The minimum Gasteiger partial charge on any atom is -0.496 e. The fraction of sp³-hybridized carbons (Fsp3) is 0.222. The first-order valence-corrected chi connectivity index (χ1v) is 3.93. The molecule has 0 atom stereocenters. The van der Waals surface area contributed by atoms with Crippen molar-refractivity contribution < 1.29 is 4.74 Å². The molecule has 0 radical (unpaired) electrons. The molecule has 1 aromatic rings. The number of para-hydroxylation sites is 1. The van der Waals surface area contributed by atoms with Gasteiger partial charge in [-0.2, -0.15) is 0 Å². The van der Waals surface area contributed by atoms with Crippen LogP contribution in [0.1, 0.15) is 5.56 Å². The lowest BCUT2D eigenvalue weighted by Gasteiger charge is -2.04. The Bertz CT molecular complexity index is 296. The van der Waals surface area contributed by atoms with E-state index in [9.17, 15) is 0 Å². The number of hydrogen-bond donors (Lipinski definition) is 0. The summed E-state index contributed by atoms with van der Waals surface area (Å²) in [6, 6.07) is 7.50. The smallest absolute Gasteiger partial charge is 0.134 e. The van der Waals surface area contributed by atoms with Gasteiger partial charge in [-0.1, -0.05) is 23.7 Å². The molecule has 2 nitrogen and oxygen atoms in total. The maximum Gasteiger partial charge on any atom is 0.134 e. The molecule has 0 saturated heterocycles. The van der Waals surface area contributed by atoms with Crippen molar-refractivity contribution in [3.05, 3.63) is 29.8 Å². The minimum absolute atomic E-state index is 0.465. The highest BCUT2D eigenvalue weighted by Gasteiger charge is 2.04. The van der Waals surface area contributed by atoms with Crippen molar-refractivity contribution in [1.82, 2.24) is 0 Å². The van der Waals surface area contributed by atoms with E-state index in [0.717, 1.165) is 11.3 Å². The molecule has 0 bridgehead atoms. The lowest BCUT2D eigenvalue weighted by molar-refractivity contribution is 0.414. The molecule has 0 aliphatic carbocycles. The Morgan fingerprint density at radius 2 is 2.08 bits per heavy atom. The summed E-state index contributed by atoms with van der Waals surface area (Å²) < 4.78 is 5.10. The number of rotatable bonds is 2. The van der Waals surface area contributed by atoms with Crippen LogP contribution in [0.25, 0.3) is 0 Å². The zero-order valence-electron chi connectivity index (χ0n) is 7.04. The molecule has 0 aromatic heterocycles. The second-order valence-electron chi connectivity index (χ2n) is 2.21. The summed E-state index contributed by atoms with van der Waals surface area (Å²) in [6.07, 6.45) is 0. The highest BCUT2D eigenvalue weighted by atomic mass is 35.5. The van der Waals surface area contributed by atoms with Crippen LogP contribution >= 0.6 is 11.6 Å². The Morgan fingerprint density at radius 3 is 2.67 bits per heavy atom. The molecule has 0 aliphatic rings. The maximum atomic E-state index is 5.84. The Morgan fingerprint density at radius 1 is 1.42 bits per heavy atom. The molecule has 1 rings (SSSR count). The number of nitrogens with zero attached hydrogens (tertiary/aromatic N) is 1. The summed E-state index contributed by atoms with van der Waals surface area (Å²) in [5.74, 6) is 0.744. The van der Waals surface area contributed by atoms with Crippen LogP contribution in [0.3, 0.4) is 0 Å². The Hall–Kier alpha value is -1.02. The minimum atomic E-state index is 0.465. The van der Waals surface area contributed by atoms with Gasteiger partial charge in [0.25, 0.3) is 0 Å². The monoisotopic (exact) mass is 183 g/mol. The maximum absolute atomic E-state index is 5.84. The first kappa shape index (κ1) is 9.07. The molecule has 0 heterocycles. The van der Waals surface area contributed by atoms with Gasteiger partial charge in [-0.15, -0.1) is 0 Å². The molecule has 64 valence electrons. The number of aliphatic imine (C=N–C) groups is 1. The van der Waals surface area contributed by atoms with E-state index in [4.69, 9.17) is 16.3 Å². The molecule has 0 saturated carbocycles. The van der Waals surface area contributed by atoms with Crippen molar-refractivity contribution in [1.29, 1.82) is 0 Å². The van der Waals surface area contributed by atoms with Gasteiger partial charge in [-0.05, 0) is 12.1 Å². The second kappa shape index (κ2) is 4.12. The summed E-state index contributed by atoms with van der Waals surface area (Å²) in [5.41, 5.74) is 0.823. The summed E-state index contributed by atoms with van der Waals surface area (Å²) >= 11 is 5.84. The Labute approximate surface area is 76.8 Å². The first-order valence-electron chi connectivity index (χ1n) is 3.55. The highest BCUT2D eigenvalue weighted by Crippen LogP contribution is 2.19. The zero-order valence-corrected chi connectivity index (χ0v) is 7.80. The third kappa shape index (κ3) is 1.77. The van der Waals surface area contributed by atoms with Crippen LogP contribution in [0.2, 0.25) is 0 Å². The van der Waals surface area contributed by atoms with Crippen molar-refractivity contribution in [3.63, 3.8) is 0 Å². The van der Waals surface area contributed by atoms with Gasteiger partial charge in [0, 0.05) is 7.05 Å². The fourth-order valence-corrected chi connectivity index (χ4v) is 1.09. The third-order valence-electron chi connectivity index (χ3n) is 1.53. The predicted octanol–water partition coefficient (Wildman–Crippen LogP) is 2.31. The Kier molecular flexibility index (Phi) is 3.11. The lowest BCUT2D eigenvalue weighted by Crippen LogP contribution is -1.95. The standard InChI is InChI=1S/C9H10ClNO/c1-11-9(10)7-5-3-4-6-8(7)12-2/h3-6H,1-2H3. The van der Waals surface area contributed by atoms with Crippen molar-refractivity contribution in [2.24, 2.45) is 4.99 Å². The van der Waals surface area contributed by atoms with Crippen LogP contribution in [-0.4, -0.2) is 19.3 Å². The summed E-state index contributed by atoms with van der Waals surface area (Å²) in [5, 5.41) is 0.465. The van der Waals surface area contributed by atoms with Crippen molar-refractivity contribution in [2.45, 2.75) is 0 Å². The van der Waals surface area contributed by atoms with E-state index < -0.39 is 0 Å².